The van der Waals surface area contributed by atoms with Crippen LogP contribution in [0.4, 0.5) is 11.4 Å². The number of piperidine rings is 1. The first kappa shape index (κ1) is 22.1. The molecule has 0 amide bonds. The van der Waals surface area contributed by atoms with Crippen LogP contribution in [0.5, 0.6) is 0 Å². The fourth-order valence-electron chi connectivity index (χ4n) is 5.46. The Morgan fingerprint density at radius 3 is 2.79 bits per heavy atom. The van der Waals surface area contributed by atoms with Crippen LogP contribution in [-0.4, -0.2) is 72.2 Å². The first-order chi connectivity index (χ1) is 16.0. The van der Waals surface area contributed by atoms with Crippen molar-refractivity contribution < 1.29 is 4.74 Å². The lowest BCUT2D eigenvalue weighted by Crippen LogP contribution is -2.52. The zero-order valence-electron chi connectivity index (χ0n) is 20.2. The van der Waals surface area contributed by atoms with Gasteiger partial charge in [-0.3, -0.25) is 9.67 Å². The summed E-state index contributed by atoms with van der Waals surface area (Å²) in [6.45, 7) is 10.1. The third kappa shape index (κ3) is 4.42. The van der Waals surface area contributed by atoms with E-state index < -0.39 is 0 Å². The zero-order chi connectivity index (χ0) is 22.9. The number of nitrogens with zero attached hydrogens (tertiary/aromatic N) is 6. The summed E-state index contributed by atoms with van der Waals surface area (Å²) in [6.07, 6.45) is 5.11. The van der Waals surface area contributed by atoms with Crippen molar-refractivity contribution in [3.05, 3.63) is 42.0 Å². The van der Waals surface area contributed by atoms with Crippen LogP contribution in [0.25, 0.3) is 11.0 Å². The average molecular weight is 450 g/mol. The second-order valence-electron chi connectivity index (χ2n) is 9.60. The predicted octanol–water partition coefficient (Wildman–Crippen LogP) is 2.73. The summed E-state index contributed by atoms with van der Waals surface area (Å²) in [6, 6.07) is 7.07. The molecule has 0 saturated carbocycles. The van der Waals surface area contributed by atoms with Gasteiger partial charge in [-0.2, -0.15) is 5.10 Å². The Morgan fingerprint density at radius 2 is 2.03 bits per heavy atom. The van der Waals surface area contributed by atoms with Gasteiger partial charge >= 0.3 is 0 Å². The summed E-state index contributed by atoms with van der Waals surface area (Å²) in [5, 5.41) is 9.10. The van der Waals surface area contributed by atoms with Crippen LogP contribution in [0.15, 0.2) is 30.6 Å². The number of hydrogen-bond donors (Lipinski definition) is 1. The van der Waals surface area contributed by atoms with Crippen molar-refractivity contribution in [1.29, 1.82) is 0 Å². The van der Waals surface area contributed by atoms with E-state index in [4.69, 9.17) is 9.72 Å². The first-order valence-electron chi connectivity index (χ1n) is 12.0. The van der Waals surface area contributed by atoms with E-state index in [-0.39, 0.29) is 0 Å². The molecule has 0 aromatic carbocycles. The minimum atomic E-state index is 0.371. The molecule has 2 aliphatic heterocycles. The van der Waals surface area contributed by atoms with Gasteiger partial charge in [-0.15, -0.1) is 0 Å². The summed E-state index contributed by atoms with van der Waals surface area (Å²) in [5.41, 5.74) is 5.67. The number of anilines is 2. The topological polar surface area (TPSA) is 71.3 Å². The van der Waals surface area contributed by atoms with E-state index in [0.717, 1.165) is 62.5 Å². The molecule has 33 heavy (non-hydrogen) atoms. The van der Waals surface area contributed by atoms with E-state index in [1.54, 1.807) is 7.11 Å². The molecule has 2 saturated heterocycles. The van der Waals surface area contributed by atoms with Crippen molar-refractivity contribution in [1.82, 2.24) is 25.1 Å². The van der Waals surface area contributed by atoms with E-state index in [1.807, 2.05) is 17.9 Å². The van der Waals surface area contributed by atoms with Gasteiger partial charge in [-0.25, -0.2) is 4.98 Å². The molecule has 2 aliphatic rings. The van der Waals surface area contributed by atoms with Gasteiger partial charge in [0.05, 0.1) is 35.8 Å². The van der Waals surface area contributed by atoms with Crippen molar-refractivity contribution in [2.24, 2.45) is 13.0 Å². The molecule has 3 aromatic rings. The molecule has 0 bridgehead atoms. The minimum absolute atomic E-state index is 0.371. The number of fused-ring (bicyclic) bond motifs is 1. The summed E-state index contributed by atoms with van der Waals surface area (Å²) in [7, 11) is 3.72. The molecule has 5 heterocycles. The van der Waals surface area contributed by atoms with Crippen LogP contribution >= 0.6 is 0 Å². The third-order valence-electron chi connectivity index (χ3n) is 7.20. The zero-order valence-corrected chi connectivity index (χ0v) is 20.2. The molecule has 176 valence electrons. The lowest BCUT2D eigenvalue weighted by atomic mass is 9.84. The van der Waals surface area contributed by atoms with Crippen molar-refractivity contribution in [2.75, 3.05) is 56.2 Å². The lowest BCUT2D eigenvalue weighted by Gasteiger charge is -2.38. The summed E-state index contributed by atoms with van der Waals surface area (Å²) in [5.74, 6) is 0.995. The van der Waals surface area contributed by atoms with Crippen LogP contribution in [0.1, 0.15) is 30.7 Å². The summed E-state index contributed by atoms with van der Waals surface area (Å²) >= 11 is 0. The van der Waals surface area contributed by atoms with Gasteiger partial charge in [0.2, 0.25) is 0 Å². The lowest BCUT2D eigenvalue weighted by molar-refractivity contribution is 0.163. The fourth-order valence-corrected chi connectivity index (χ4v) is 5.46. The van der Waals surface area contributed by atoms with Crippen LogP contribution in [0.2, 0.25) is 0 Å². The monoisotopic (exact) mass is 449 g/mol. The first-order valence-corrected chi connectivity index (χ1v) is 12.0. The van der Waals surface area contributed by atoms with E-state index in [9.17, 15) is 0 Å². The number of rotatable bonds is 5. The largest absolute Gasteiger partial charge is 0.383 e. The van der Waals surface area contributed by atoms with Crippen LogP contribution in [-0.2, 0) is 11.8 Å². The maximum Gasteiger partial charge on any atom is 0.159 e. The molecule has 8 heteroatoms. The van der Waals surface area contributed by atoms with Gasteiger partial charge < -0.3 is 19.9 Å². The van der Waals surface area contributed by atoms with Crippen LogP contribution in [0.3, 0.4) is 0 Å². The van der Waals surface area contributed by atoms with Gasteiger partial charge in [-0.1, -0.05) is 6.92 Å². The number of methoxy groups -OCH3 is 1. The van der Waals surface area contributed by atoms with Gasteiger partial charge in [0.25, 0.3) is 0 Å². The quantitative estimate of drug-likeness (QED) is 0.642. The second kappa shape index (κ2) is 9.27. The molecule has 2 fully saturated rings. The third-order valence-corrected chi connectivity index (χ3v) is 7.20. The molecule has 0 radical (unpaired) electrons. The van der Waals surface area contributed by atoms with Crippen LogP contribution < -0.4 is 15.1 Å². The molecule has 3 atom stereocenters. The molecule has 0 aliphatic carbocycles. The molecule has 0 unspecified atom stereocenters. The van der Waals surface area contributed by atoms with Gasteiger partial charge in [0.1, 0.15) is 0 Å². The Kier molecular flexibility index (Phi) is 6.21. The second-order valence-corrected chi connectivity index (χ2v) is 9.60. The highest BCUT2D eigenvalue weighted by atomic mass is 16.5. The molecule has 1 N–H and O–H groups in total. The highest BCUT2D eigenvalue weighted by Gasteiger charge is 2.30. The number of pyridine rings is 2. The Hall–Kier alpha value is -2.71. The molecule has 5 rings (SSSR count). The number of hydrogen-bond acceptors (Lipinski definition) is 7. The van der Waals surface area contributed by atoms with E-state index >= 15 is 0 Å². The highest BCUT2D eigenvalue weighted by Crippen LogP contribution is 2.36. The Labute approximate surface area is 195 Å². The Morgan fingerprint density at radius 1 is 1.15 bits per heavy atom. The van der Waals surface area contributed by atoms with Gasteiger partial charge in [0.15, 0.2) is 5.65 Å². The van der Waals surface area contributed by atoms with Crippen molar-refractivity contribution in [3.63, 3.8) is 0 Å². The van der Waals surface area contributed by atoms with E-state index in [0.29, 0.717) is 17.9 Å². The van der Waals surface area contributed by atoms with Gasteiger partial charge in [0, 0.05) is 70.2 Å². The number of nitrogens with one attached hydrogen (secondary N) is 1. The van der Waals surface area contributed by atoms with E-state index in [1.165, 1.54) is 17.1 Å². The number of ether oxygens (including phenoxy) is 1. The molecular weight excluding hydrogens is 414 g/mol. The standard InChI is InChI=1S/C25H35N7O/c1-17-14-32(24-11-18(2)29-25-22(24)13-28-30(25)3)9-7-21(17)23-6-5-20(12-27-23)31-10-8-26-19(15-31)16-33-4/h5-6,11-13,17,19,21,26H,7-10,14-16H2,1-4H3/t17-,19+,21-/m0/s1. The highest BCUT2D eigenvalue weighted by molar-refractivity contribution is 5.89. The molecule has 8 nitrogen and oxygen atoms in total. The average Bonchev–Trinajstić information content (AvgIpc) is 3.19. The van der Waals surface area contributed by atoms with Crippen molar-refractivity contribution in [2.45, 2.75) is 32.2 Å². The maximum atomic E-state index is 5.33. The van der Waals surface area contributed by atoms with Crippen molar-refractivity contribution >= 4 is 22.4 Å². The van der Waals surface area contributed by atoms with E-state index in [2.05, 4.69) is 63.4 Å². The Bertz CT molecular complexity index is 1090. The minimum Gasteiger partial charge on any atom is -0.383 e. The number of piperazine rings is 1. The van der Waals surface area contributed by atoms with Crippen LogP contribution in [0, 0.1) is 12.8 Å². The summed E-state index contributed by atoms with van der Waals surface area (Å²) in [4.78, 5) is 14.5. The Balaban J connectivity index is 1.28. The smallest absolute Gasteiger partial charge is 0.159 e. The molecular formula is C25H35N7O. The maximum absolute atomic E-state index is 5.33. The molecule has 3 aromatic heterocycles. The van der Waals surface area contributed by atoms with Crippen molar-refractivity contribution in [3.8, 4) is 0 Å². The number of aromatic nitrogens is 4. The SMILES string of the molecule is COC[C@H]1CN(c2ccc([C@H]3CCN(c4cc(C)nc5c4cnn5C)C[C@@H]3C)nc2)CCN1. The summed E-state index contributed by atoms with van der Waals surface area (Å²) < 4.78 is 7.20. The predicted molar refractivity (Wildman–Crippen MR) is 132 cm³/mol. The number of aryl methyl sites for hydroxylation is 2. The molecule has 0 spiro atoms. The normalized spacial score (nSPS) is 23.9. The fraction of sp³-hybridized carbons (Fsp3) is 0.560. The van der Waals surface area contributed by atoms with Gasteiger partial charge in [-0.05, 0) is 37.5 Å².